The Bertz CT molecular complexity index is 694. The number of anilines is 1. The van der Waals surface area contributed by atoms with Crippen LogP contribution in [0.3, 0.4) is 0 Å². The van der Waals surface area contributed by atoms with Crippen LogP contribution in [-0.4, -0.2) is 29.2 Å². The highest BCUT2D eigenvalue weighted by molar-refractivity contribution is 9.10. The van der Waals surface area contributed by atoms with Crippen LogP contribution in [0.5, 0.6) is 0 Å². The summed E-state index contributed by atoms with van der Waals surface area (Å²) in [6, 6.07) is 1.70. The second-order valence-corrected chi connectivity index (χ2v) is 7.22. The van der Waals surface area contributed by atoms with E-state index in [9.17, 15) is 23.2 Å². The lowest BCUT2D eigenvalue weighted by molar-refractivity contribution is -0.140. The Morgan fingerprint density at radius 3 is 2.32 bits per heavy atom. The zero-order chi connectivity index (χ0) is 18.1. The summed E-state index contributed by atoms with van der Waals surface area (Å²) in [7, 11) is 0. The largest absolute Gasteiger partial charge is 0.323 e. The predicted molar refractivity (Wildman–Crippen MR) is 89.5 cm³/mol. The van der Waals surface area contributed by atoms with E-state index in [0.717, 1.165) is 23.8 Å². The van der Waals surface area contributed by atoms with Gasteiger partial charge in [-0.05, 0) is 34.8 Å². The summed E-state index contributed by atoms with van der Waals surface area (Å²) in [5, 5.41) is 2.35. The van der Waals surface area contributed by atoms with Crippen molar-refractivity contribution >= 4 is 39.3 Å². The van der Waals surface area contributed by atoms with Gasteiger partial charge in [0.15, 0.2) is 5.82 Å². The van der Waals surface area contributed by atoms with Gasteiger partial charge in [-0.1, -0.05) is 12.8 Å². The molecule has 2 atom stereocenters. The maximum absolute atomic E-state index is 13.7. The van der Waals surface area contributed by atoms with Crippen molar-refractivity contribution in [3.8, 4) is 0 Å². The molecule has 1 N–H and O–H groups in total. The summed E-state index contributed by atoms with van der Waals surface area (Å²) in [4.78, 5) is 37.9. The first-order chi connectivity index (χ1) is 11.9. The standard InChI is InChI=1S/C17H17BrF2N2O3/c18-12-7-9(19)8-13(20)15(12)21-14(23)5-6-22-16(24)10-3-1-2-4-11(10)17(22)25/h7-8,10-11H,1-6H2,(H,21,23)/t10-,11-/m1/s1. The molecular formula is C17H17BrF2N2O3. The van der Waals surface area contributed by atoms with Crippen LogP contribution in [0.4, 0.5) is 14.5 Å². The van der Waals surface area contributed by atoms with Gasteiger partial charge in [0.2, 0.25) is 17.7 Å². The molecule has 1 aromatic rings. The van der Waals surface area contributed by atoms with Crippen LogP contribution in [0.1, 0.15) is 32.1 Å². The maximum Gasteiger partial charge on any atom is 0.233 e. The average Bonchev–Trinajstić information content (AvgIpc) is 2.81. The van der Waals surface area contributed by atoms with Gasteiger partial charge >= 0.3 is 0 Å². The first-order valence-electron chi connectivity index (χ1n) is 8.18. The molecule has 8 heteroatoms. The summed E-state index contributed by atoms with van der Waals surface area (Å²) in [6.45, 7) is -0.0308. The van der Waals surface area contributed by atoms with Crippen LogP contribution in [0.15, 0.2) is 16.6 Å². The van der Waals surface area contributed by atoms with E-state index in [2.05, 4.69) is 21.2 Å². The summed E-state index contributed by atoms with van der Waals surface area (Å²) < 4.78 is 26.9. The maximum atomic E-state index is 13.7. The molecule has 1 aliphatic carbocycles. The highest BCUT2D eigenvalue weighted by Crippen LogP contribution is 2.38. The van der Waals surface area contributed by atoms with Gasteiger partial charge in [-0.2, -0.15) is 0 Å². The number of amides is 3. The van der Waals surface area contributed by atoms with E-state index in [0.29, 0.717) is 18.9 Å². The fourth-order valence-corrected chi connectivity index (χ4v) is 4.04. The van der Waals surface area contributed by atoms with Crippen LogP contribution >= 0.6 is 15.9 Å². The van der Waals surface area contributed by atoms with Crippen molar-refractivity contribution in [2.45, 2.75) is 32.1 Å². The second kappa shape index (κ2) is 7.19. The third kappa shape index (κ3) is 3.58. The molecule has 1 saturated heterocycles. The van der Waals surface area contributed by atoms with Crippen LogP contribution < -0.4 is 5.32 Å². The highest BCUT2D eigenvalue weighted by Gasteiger charge is 2.47. The van der Waals surface area contributed by atoms with Crippen LogP contribution in [0.2, 0.25) is 0 Å². The SMILES string of the molecule is O=C(CCN1C(=O)[C@@H]2CCCC[C@H]2C1=O)Nc1c(F)cc(F)cc1Br. The molecule has 1 aromatic carbocycles. The topological polar surface area (TPSA) is 66.5 Å². The molecule has 0 aromatic heterocycles. The lowest BCUT2D eigenvalue weighted by Gasteiger charge is -2.19. The molecule has 0 radical (unpaired) electrons. The molecule has 2 aliphatic rings. The number of hydrogen-bond acceptors (Lipinski definition) is 3. The molecular weight excluding hydrogens is 398 g/mol. The van der Waals surface area contributed by atoms with Gasteiger partial charge in [0.05, 0.1) is 17.5 Å². The van der Waals surface area contributed by atoms with Gasteiger partial charge in [-0.15, -0.1) is 0 Å². The molecule has 134 valence electrons. The van der Waals surface area contributed by atoms with Crippen molar-refractivity contribution in [1.82, 2.24) is 4.90 Å². The molecule has 0 unspecified atom stereocenters. The Hall–Kier alpha value is -1.83. The normalized spacial score (nSPS) is 22.9. The number of carbonyl (C=O) groups excluding carboxylic acids is 3. The number of carbonyl (C=O) groups is 3. The van der Waals surface area contributed by atoms with E-state index in [1.165, 1.54) is 0 Å². The Labute approximate surface area is 151 Å². The number of fused-ring (bicyclic) bond motifs is 1. The summed E-state index contributed by atoms with van der Waals surface area (Å²) >= 11 is 2.99. The Morgan fingerprint density at radius 1 is 1.16 bits per heavy atom. The first kappa shape index (κ1) is 18.0. The zero-order valence-corrected chi connectivity index (χ0v) is 14.9. The van der Waals surface area contributed by atoms with Gasteiger partial charge in [-0.25, -0.2) is 8.78 Å². The number of imide groups is 1. The zero-order valence-electron chi connectivity index (χ0n) is 13.4. The molecule has 1 saturated carbocycles. The summed E-state index contributed by atoms with van der Waals surface area (Å²) in [5.41, 5.74) is -0.167. The number of benzene rings is 1. The Balaban J connectivity index is 1.61. The summed E-state index contributed by atoms with van der Waals surface area (Å²) in [5.74, 6) is -3.16. The number of likely N-dealkylation sites (tertiary alicyclic amines) is 1. The van der Waals surface area contributed by atoms with E-state index in [-0.39, 0.29) is 46.8 Å². The van der Waals surface area contributed by atoms with Crippen LogP contribution in [0.25, 0.3) is 0 Å². The van der Waals surface area contributed by atoms with Crippen LogP contribution in [0, 0.1) is 23.5 Å². The van der Waals surface area contributed by atoms with E-state index in [1.54, 1.807) is 0 Å². The minimum atomic E-state index is -0.903. The minimum absolute atomic E-state index is 0.0308. The minimum Gasteiger partial charge on any atom is -0.323 e. The van der Waals surface area contributed by atoms with Gasteiger partial charge < -0.3 is 5.32 Å². The van der Waals surface area contributed by atoms with E-state index in [1.807, 2.05) is 0 Å². The lowest BCUT2D eigenvalue weighted by atomic mass is 9.81. The van der Waals surface area contributed by atoms with Crippen molar-refractivity contribution in [3.05, 3.63) is 28.2 Å². The molecule has 5 nitrogen and oxygen atoms in total. The number of rotatable bonds is 4. The highest BCUT2D eigenvalue weighted by atomic mass is 79.9. The summed E-state index contributed by atoms with van der Waals surface area (Å²) in [6.07, 6.45) is 3.16. The smallest absolute Gasteiger partial charge is 0.233 e. The Morgan fingerprint density at radius 2 is 1.76 bits per heavy atom. The third-order valence-corrected chi connectivity index (χ3v) is 5.39. The van der Waals surface area contributed by atoms with E-state index < -0.39 is 17.5 Å². The molecule has 25 heavy (non-hydrogen) atoms. The Kier molecular flexibility index (Phi) is 5.17. The van der Waals surface area contributed by atoms with Gasteiger partial charge in [-0.3, -0.25) is 19.3 Å². The fourth-order valence-electron chi connectivity index (χ4n) is 3.53. The monoisotopic (exact) mass is 414 g/mol. The van der Waals surface area contributed by atoms with Crippen molar-refractivity contribution in [1.29, 1.82) is 0 Å². The van der Waals surface area contributed by atoms with Gasteiger partial charge in [0.25, 0.3) is 0 Å². The van der Waals surface area contributed by atoms with Gasteiger partial charge in [0.1, 0.15) is 5.82 Å². The molecule has 3 rings (SSSR count). The van der Waals surface area contributed by atoms with Gasteiger partial charge in [0, 0.05) is 23.5 Å². The molecule has 0 spiro atoms. The molecule has 3 amide bonds. The fraction of sp³-hybridized carbons (Fsp3) is 0.471. The first-order valence-corrected chi connectivity index (χ1v) is 8.97. The molecule has 1 heterocycles. The van der Waals surface area contributed by atoms with Crippen molar-refractivity contribution in [2.75, 3.05) is 11.9 Å². The van der Waals surface area contributed by atoms with Crippen molar-refractivity contribution in [2.24, 2.45) is 11.8 Å². The third-order valence-electron chi connectivity index (χ3n) is 4.77. The molecule has 0 bridgehead atoms. The lowest BCUT2D eigenvalue weighted by Crippen LogP contribution is -2.34. The number of nitrogens with one attached hydrogen (secondary N) is 1. The van der Waals surface area contributed by atoms with Crippen molar-refractivity contribution in [3.63, 3.8) is 0 Å². The average molecular weight is 415 g/mol. The second-order valence-electron chi connectivity index (χ2n) is 6.37. The number of halogens is 3. The van der Waals surface area contributed by atoms with Crippen molar-refractivity contribution < 1.29 is 23.2 Å². The molecule has 1 aliphatic heterocycles. The predicted octanol–water partition coefficient (Wildman–Crippen LogP) is 3.23. The molecule has 2 fully saturated rings. The van der Waals surface area contributed by atoms with Crippen LogP contribution in [-0.2, 0) is 14.4 Å². The number of hydrogen-bond donors (Lipinski definition) is 1. The van der Waals surface area contributed by atoms with E-state index in [4.69, 9.17) is 0 Å². The quantitative estimate of drug-likeness (QED) is 0.769. The van der Waals surface area contributed by atoms with E-state index >= 15 is 0 Å². The number of nitrogens with zero attached hydrogens (tertiary/aromatic N) is 1.